The Morgan fingerprint density at radius 3 is 2.81 bits per heavy atom. The third kappa shape index (κ3) is 2.73. The Morgan fingerprint density at radius 2 is 2.19 bits per heavy atom. The highest BCUT2D eigenvalue weighted by Crippen LogP contribution is 2.36. The first kappa shape index (κ1) is 11.8. The molecule has 0 aromatic carbocycles. The van der Waals surface area contributed by atoms with E-state index in [1.165, 1.54) is 19.3 Å². The van der Waals surface area contributed by atoms with Crippen molar-refractivity contribution in [3.05, 3.63) is 22.7 Å². The molecule has 2 unspecified atom stereocenters. The lowest BCUT2D eigenvalue weighted by Gasteiger charge is -2.10. The van der Waals surface area contributed by atoms with Crippen molar-refractivity contribution in [1.29, 1.82) is 0 Å². The van der Waals surface area contributed by atoms with Gasteiger partial charge in [-0.2, -0.15) is 0 Å². The second-order valence-corrected chi connectivity index (χ2v) is 5.29. The van der Waals surface area contributed by atoms with Crippen molar-refractivity contribution in [2.75, 3.05) is 0 Å². The van der Waals surface area contributed by atoms with Gasteiger partial charge in [0.1, 0.15) is 11.0 Å². The van der Waals surface area contributed by atoms with Gasteiger partial charge in [0.05, 0.1) is 0 Å². The Hall–Kier alpha value is -0.630. The van der Waals surface area contributed by atoms with Crippen LogP contribution in [-0.4, -0.2) is 9.97 Å². The molecule has 0 amide bonds. The van der Waals surface area contributed by atoms with Gasteiger partial charge < -0.3 is 0 Å². The van der Waals surface area contributed by atoms with Crippen LogP contribution in [0.15, 0.2) is 6.07 Å². The van der Waals surface area contributed by atoms with E-state index in [9.17, 15) is 0 Å². The minimum atomic E-state index is 0.532. The van der Waals surface area contributed by atoms with Crippen molar-refractivity contribution in [3.8, 4) is 0 Å². The molecule has 0 spiro atoms. The maximum atomic E-state index is 6.05. The van der Waals surface area contributed by atoms with E-state index in [-0.39, 0.29) is 0 Å². The second-order valence-electron chi connectivity index (χ2n) is 4.91. The molecule has 0 radical (unpaired) electrons. The van der Waals surface area contributed by atoms with Crippen LogP contribution in [0, 0.1) is 5.92 Å². The second kappa shape index (κ2) is 5.13. The first-order valence-corrected chi connectivity index (χ1v) is 6.60. The molecular weight excluding hydrogens is 220 g/mol. The Morgan fingerprint density at radius 1 is 1.38 bits per heavy atom. The highest BCUT2D eigenvalue weighted by Gasteiger charge is 2.25. The smallest absolute Gasteiger partial charge is 0.133 e. The number of halogens is 1. The van der Waals surface area contributed by atoms with E-state index in [1.54, 1.807) is 0 Å². The molecule has 88 valence electrons. The van der Waals surface area contributed by atoms with Crippen LogP contribution in [0.3, 0.4) is 0 Å². The van der Waals surface area contributed by atoms with Gasteiger partial charge >= 0.3 is 0 Å². The van der Waals surface area contributed by atoms with Crippen LogP contribution >= 0.6 is 11.6 Å². The van der Waals surface area contributed by atoms with Crippen LogP contribution in [-0.2, 0) is 6.42 Å². The lowest BCUT2D eigenvalue weighted by Crippen LogP contribution is -2.04. The van der Waals surface area contributed by atoms with Gasteiger partial charge in [-0.1, -0.05) is 31.9 Å². The normalized spacial score (nSPS) is 24.9. The van der Waals surface area contributed by atoms with Gasteiger partial charge in [0, 0.05) is 11.6 Å². The van der Waals surface area contributed by atoms with Gasteiger partial charge in [0.2, 0.25) is 0 Å². The summed E-state index contributed by atoms with van der Waals surface area (Å²) in [6.45, 7) is 4.46. The van der Waals surface area contributed by atoms with Crippen LogP contribution in [0.4, 0.5) is 0 Å². The highest BCUT2D eigenvalue weighted by molar-refractivity contribution is 6.29. The summed E-state index contributed by atoms with van der Waals surface area (Å²) < 4.78 is 0. The van der Waals surface area contributed by atoms with Crippen LogP contribution in [0.1, 0.15) is 57.0 Å². The summed E-state index contributed by atoms with van der Waals surface area (Å²) in [5.41, 5.74) is 1.09. The maximum absolute atomic E-state index is 6.05. The lowest BCUT2D eigenvalue weighted by atomic mass is 10.1. The van der Waals surface area contributed by atoms with E-state index in [0.29, 0.717) is 11.1 Å². The zero-order chi connectivity index (χ0) is 11.5. The fraction of sp³-hybridized carbons (Fsp3) is 0.692. The van der Waals surface area contributed by atoms with Gasteiger partial charge in [0.25, 0.3) is 0 Å². The summed E-state index contributed by atoms with van der Waals surface area (Å²) in [6, 6.07) is 1.90. The van der Waals surface area contributed by atoms with Gasteiger partial charge in [-0.05, 0) is 37.7 Å². The minimum absolute atomic E-state index is 0.532. The fourth-order valence-electron chi connectivity index (χ4n) is 2.49. The van der Waals surface area contributed by atoms with Gasteiger partial charge in [-0.25, -0.2) is 9.97 Å². The van der Waals surface area contributed by atoms with Crippen molar-refractivity contribution in [1.82, 2.24) is 9.97 Å². The Balaban J connectivity index is 2.20. The molecule has 0 aliphatic heterocycles. The van der Waals surface area contributed by atoms with E-state index in [2.05, 4.69) is 23.8 Å². The van der Waals surface area contributed by atoms with Gasteiger partial charge in [-0.3, -0.25) is 0 Å². The molecule has 1 saturated carbocycles. The summed E-state index contributed by atoms with van der Waals surface area (Å²) in [5.74, 6) is 2.31. The highest BCUT2D eigenvalue weighted by atomic mass is 35.5. The van der Waals surface area contributed by atoms with Crippen LogP contribution in [0.25, 0.3) is 0 Å². The monoisotopic (exact) mass is 238 g/mol. The predicted molar refractivity (Wildman–Crippen MR) is 66.8 cm³/mol. The van der Waals surface area contributed by atoms with Crippen molar-refractivity contribution < 1.29 is 0 Å². The summed E-state index contributed by atoms with van der Waals surface area (Å²) in [7, 11) is 0. The van der Waals surface area contributed by atoms with Crippen LogP contribution in [0.2, 0.25) is 5.15 Å². The van der Waals surface area contributed by atoms with Crippen LogP contribution < -0.4 is 0 Å². The molecule has 16 heavy (non-hydrogen) atoms. The molecule has 1 fully saturated rings. The molecule has 1 aromatic heterocycles. The summed E-state index contributed by atoms with van der Waals surface area (Å²) in [4.78, 5) is 9.03. The summed E-state index contributed by atoms with van der Waals surface area (Å²) in [5, 5.41) is 0.605. The van der Waals surface area contributed by atoms with E-state index in [4.69, 9.17) is 11.6 Å². The summed E-state index contributed by atoms with van der Waals surface area (Å²) >= 11 is 6.05. The average Bonchev–Trinajstić information content (AvgIpc) is 2.64. The molecule has 1 heterocycles. The SMILES string of the molecule is CCCc1cc(Cl)nc(C2CCC(C)C2)n1. The van der Waals surface area contributed by atoms with Gasteiger partial charge in [0.15, 0.2) is 0 Å². The quantitative estimate of drug-likeness (QED) is 0.745. The number of nitrogens with zero attached hydrogens (tertiary/aromatic N) is 2. The third-order valence-electron chi connectivity index (χ3n) is 3.33. The fourth-order valence-corrected chi connectivity index (χ4v) is 2.70. The first-order valence-electron chi connectivity index (χ1n) is 6.22. The molecule has 2 atom stereocenters. The molecule has 0 N–H and O–H groups in total. The number of aromatic nitrogens is 2. The van der Waals surface area contributed by atoms with Crippen LogP contribution in [0.5, 0.6) is 0 Å². The Labute approximate surface area is 102 Å². The molecule has 1 aliphatic carbocycles. The molecule has 1 aliphatic rings. The number of hydrogen-bond acceptors (Lipinski definition) is 2. The average molecular weight is 239 g/mol. The number of hydrogen-bond donors (Lipinski definition) is 0. The van der Waals surface area contributed by atoms with Crippen molar-refractivity contribution >= 4 is 11.6 Å². The molecule has 2 rings (SSSR count). The molecular formula is C13H19ClN2. The third-order valence-corrected chi connectivity index (χ3v) is 3.52. The maximum Gasteiger partial charge on any atom is 0.133 e. The number of rotatable bonds is 3. The van der Waals surface area contributed by atoms with Gasteiger partial charge in [-0.15, -0.1) is 0 Å². The van der Waals surface area contributed by atoms with Crippen molar-refractivity contribution in [2.45, 2.75) is 51.9 Å². The zero-order valence-corrected chi connectivity index (χ0v) is 10.8. The largest absolute Gasteiger partial charge is 0.238 e. The molecule has 3 heteroatoms. The van der Waals surface area contributed by atoms with E-state index < -0.39 is 0 Å². The van der Waals surface area contributed by atoms with E-state index in [1.807, 2.05) is 6.07 Å². The Kier molecular flexibility index (Phi) is 3.80. The van der Waals surface area contributed by atoms with Crippen molar-refractivity contribution in [2.24, 2.45) is 5.92 Å². The topological polar surface area (TPSA) is 25.8 Å². The molecule has 0 saturated heterocycles. The first-order chi connectivity index (χ1) is 7.69. The molecule has 1 aromatic rings. The predicted octanol–water partition coefficient (Wildman–Crippen LogP) is 3.99. The Bertz CT molecular complexity index is 365. The van der Waals surface area contributed by atoms with E-state index >= 15 is 0 Å². The molecule has 2 nitrogen and oxygen atoms in total. The minimum Gasteiger partial charge on any atom is -0.238 e. The van der Waals surface area contributed by atoms with Crippen molar-refractivity contribution in [3.63, 3.8) is 0 Å². The standard InChI is InChI=1S/C13H19ClN2/c1-3-4-11-8-12(14)16-13(15-11)10-6-5-9(2)7-10/h8-10H,3-7H2,1-2H3. The zero-order valence-electron chi connectivity index (χ0n) is 10.0. The molecule has 0 bridgehead atoms. The number of aryl methyl sites for hydroxylation is 1. The summed E-state index contributed by atoms with van der Waals surface area (Å²) in [6.07, 6.45) is 5.83. The van der Waals surface area contributed by atoms with E-state index in [0.717, 1.165) is 30.3 Å². The lowest BCUT2D eigenvalue weighted by molar-refractivity contribution is 0.583.